The Kier molecular flexibility index (Phi) is 10.3. The molecule has 0 spiro atoms. The van der Waals surface area contributed by atoms with E-state index in [2.05, 4.69) is 16.8 Å². The number of benzene rings is 1. The maximum Gasteiger partial charge on any atom is 0.124 e. The van der Waals surface area contributed by atoms with Crippen molar-refractivity contribution in [3.05, 3.63) is 47.3 Å². The first kappa shape index (κ1) is 20.7. The van der Waals surface area contributed by atoms with E-state index in [0.717, 1.165) is 44.6 Å². The van der Waals surface area contributed by atoms with Gasteiger partial charge in [-0.2, -0.15) is 0 Å². The number of rotatable bonds is 5. The minimum absolute atomic E-state index is 0. The molecule has 21 heavy (non-hydrogen) atoms. The first-order chi connectivity index (χ1) is 9.22. The zero-order valence-electron chi connectivity index (χ0n) is 11.9. The number of hydrogen-bond donors (Lipinski definition) is 1. The molecule has 1 aliphatic heterocycles. The van der Waals surface area contributed by atoms with Crippen LogP contribution in [0.1, 0.15) is 24.4 Å². The Labute approximate surface area is 143 Å². The molecule has 1 aromatic carbocycles. The molecule has 1 heterocycles. The quantitative estimate of drug-likeness (QED) is 0.795. The van der Waals surface area contributed by atoms with Crippen molar-refractivity contribution in [1.82, 2.24) is 10.2 Å². The summed E-state index contributed by atoms with van der Waals surface area (Å²) in [4.78, 5) is 2.42. The fourth-order valence-corrected chi connectivity index (χ4v) is 2.87. The number of allylic oxidation sites excluding steroid dienone is 1. The van der Waals surface area contributed by atoms with Crippen molar-refractivity contribution in [3.8, 4) is 0 Å². The van der Waals surface area contributed by atoms with Gasteiger partial charge < -0.3 is 5.32 Å². The number of nitrogens with one attached hydrogen (secondary N) is 1. The van der Waals surface area contributed by atoms with Crippen LogP contribution in [0.4, 0.5) is 4.39 Å². The van der Waals surface area contributed by atoms with Crippen LogP contribution in [0.2, 0.25) is 5.02 Å². The predicted molar refractivity (Wildman–Crippen MR) is 92.5 cm³/mol. The molecule has 0 amide bonds. The Bertz CT molecular complexity index is 437. The summed E-state index contributed by atoms with van der Waals surface area (Å²) in [5, 5.41) is 3.87. The Balaban J connectivity index is 0.00000200. The van der Waals surface area contributed by atoms with Gasteiger partial charge in [-0.15, -0.1) is 31.4 Å². The largest absolute Gasteiger partial charge is 0.314 e. The lowest BCUT2D eigenvalue weighted by Crippen LogP contribution is -2.45. The number of hydrogen-bond acceptors (Lipinski definition) is 2. The first-order valence-corrected chi connectivity index (χ1v) is 7.11. The summed E-state index contributed by atoms with van der Waals surface area (Å²) in [6, 6.07) is 4.95. The molecule has 1 aliphatic rings. The maximum absolute atomic E-state index is 13.2. The topological polar surface area (TPSA) is 15.3 Å². The fraction of sp³-hybridized carbons (Fsp3) is 0.467. The minimum Gasteiger partial charge on any atom is -0.314 e. The molecular weight excluding hydrogens is 334 g/mol. The fourth-order valence-electron chi connectivity index (χ4n) is 2.58. The summed E-state index contributed by atoms with van der Waals surface area (Å²) >= 11 is 6.21. The average Bonchev–Trinajstić information content (AvgIpc) is 2.42. The molecule has 0 aromatic heterocycles. The van der Waals surface area contributed by atoms with E-state index in [1.165, 1.54) is 12.1 Å². The molecule has 2 nitrogen and oxygen atoms in total. The molecule has 0 saturated carbocycles. The molecule has 1 aromatic rings. The highest BCUT2D eigenvalue weighted by Gasteiger charge is 2.23. The van der Waals surface area contributed by atoms with E-state index in [1.807, 2.05) is 12.1 Å². The summed E-state index contributed by atoms with van der Waals surface area (Å²) in [6.45, 7) is 7.75. The third-order valence-electron chi connectivity index (χ3n) is 3.56. The molecular formula is C15H22Cl3FN2. The van der Waals surface area contributed by atoms with Crippen molar-refractivity contribution in [1.29, 1.82) is 0 Å². The van der Waals surface area contributed by atoms with Crippen molar-refractivity contribution >= 4 is 36.4 Å². The van der Waals surface area contributed by atoms with E-state index in [-0.39, 0.29) is 36.7 Å². The van der Waals surface area contributed by atoms with E-state index >= 15 is 0 Å². The van der Waals surface area contributed by atoms with Crippen molar-refractivity contribution in [2.24, 2.45) is 0 Å². The van der Waals surface area contributed by atoms with Crippen molar-refractivity contribution < 1.29 is 4.39 Å². The highest BCUT2D eigenvalue weighted by atomic mass is 35.5. The minimum atomic E-state index is -0.281. The summed E-state index contributed by atoms with van der Waals surface area (Å²) in [5.41, 5.74) is 1.02. The third kappa shape index (κ3) is 5.76. The van der Waals surface area contributed by atoms with Crippen LogP contribution in [0.3, 0.4) is 0 Å². The monoisotopic (exact) mass is 354 g/mol. The van der Waals surface area contributed by atoms with E-state index in [4.69, 9.17) is 11.6 Å². The number of piperazine rings is 1. The lowest BCUT2D eigenvalue weighted by atomic mass is 9.99. The predicted octanol–water partition coefficient (Wildman–Crippen LogP) is 4.24. The second-order valence-electron chi connectivity index (χ2n) is 4.83. The van der Waals surface area contributed by atoms with E-state index in [0.29, 0.717) is 5.02 Å². The normalized spacial score (nSPS) is 16.5. The molecule has 0 radical (unpaired) electrons. The van der Waals surface area contributed by atoms with E-state index in [9.17, 15) is 4.39 Å². The zero-order chi connectivity index (χ0) is 13.7. The van der Waals surface area contributed by atoms with Gasteiger partial charge in [0.05, 0.1) is 0 Å². The molecule has 1 saturated heterocycles. The summed E-state index contributed by atoms with van der Waals surface area (Å²) in [5.74, 6) is -0.281. The Hall–Kier alpha value is -0.320. The highest BCUT2D eigenvalue weighted by molar-refractivity contribution is 6.31. The summed E-state index contributed by atoms with van der Waals surface area (Å²) in [6.07, 6.45) is 3.82. The molecule has 1 fully saturated rings. The van der Waals surface area contributed by atoms with Crippen LogP contribution >= 0.6 is 36.4 Å². The van der Waals surface area contributed by atoms with Gasteiger partial charge in [0, 0.05) is 37.2 Å². The van der Waals surface area contributed by atoms with Gasteiger partial charge in [0.15, 0.2) is 0 Å². The summed E-state index contributed by atoms with van der Waals surface area (Å²) < 4.78 is 13.2. The second kappa shape index (κ2) is 10.4. The van der Waals surface area contributed by atoms with Crippen molar-refractivity contribution in [2.45, 2.75) is 18.9 Å². The van der Waals surface area contributed by atoms with Gasteiger partial charge in [-0.25, -0.2) is 4.39 Å². The van der Waals surface area contributed by atoms with Crippen LogP contribution in [-0.4, -0.2) is 31.1 Å². The highest BCUT2D eigenvalue weighted by Crippen LogP contribution is 2.32. The molecule has 2 rings (SSSR count). The smallest absolute Gasteiger partial charge is 0.124 e. The first-order valence-electron chi connectivity index (χ1n) is 6.73. The van der Waals surface area contributed by atoms with Gasteiger partial charge in [-0.3, -0.25) is 4.90 Å². The Morgan fingerprint density at radius 3 is 2.57 bits per heavy atom. The van der Waals surface area contributed by atoms with Crippen LogP contribution < -0.4 is 5.32 Å². The molecule has 120 valence electrons. The third-order valence-corrected chi connectivity index (χ3v) is 3.89. The Morgan fingerprint density at radius 2 is 2.00 bits per heavy atom. The zero-order valence-corrected chi connectivity index (χ0v) is 14.2. The molecule has 0 bridgehead atoms. The molecule has 1 atom stereocenters. The van der Waals surface area contributed by atoms with Crippen LogP contribution in [0.15, 0.2) is 30.9 Å². The molecule has 1 N–H and O–H groups in total. The lowest BCUT2D eigenvalue weighted by Gasteiger charge is -2.35. The van der Waals surface area contributed by atoms with Gasteiger partial charge in [0.25, 0.3) is 0 Å². The molecule has 0 unspecified atom stereocenters. The maximum atomic E-state index is 13.2. The lowest BCUT2D eigenvalue weighted by molar-refractivity contribution is 0.166. The van der Waals surface area contributed by atoms with Crippen LogP contribution in [0.25, 0.3) is 0 Å². The van der Waals surface area contributed by atoms with Crippen molar-refractivity contribution in [2.75, 3.05) is 26.2 Å². The average molecular weight is 356 g/mol. The Morgan fingerprint density at radius 1 is 1.33 bits per heavy atom. The number of halogens is 4. The molecule has 6 heteroatoms. The second-order valence-corrected chi connectivity index (χ2v) is 5.24. The van der Waals surface area contributed by atoms with Gasteiger partial charge in [-0.05, 0) is 30.5 Å². The van der Waals surface area contributed by atoms with E-state index < -0.39 is 0 Å². The van der Waals surface area contributed by atoms with Crippen LogP contribution in [-0.2, 0) is 0 Å². The van der Waals surface area contributed by atoms with Crippen LogP contribution in [0.5, 0.6) is 0 Å². The standard InChI is InChI=1S/C15H20ClFN2.2ClH/c1-2-3-4-15(19-9-7-18-8-10-19)13-6-5-12(17)11-14(13)16;;/h2,5-6,11,15,18H,1,3-4,7-10H2;2*1H/t15-;;/m0../s1. The van der Waals surface area contributed by atoms with Gasteiger partial charge >= 0.3 is 0 Å². The van der Waals surface area contributed by atoms with Gasteiger partial charge in [0.1, 0.15) is 5.82 Å². The van der Waals surface area contributed by atoms with Gasteiger partial charge in [-0.1, -0.05) is 23.7 Å². The summed E-state index contributed by atoms with van der Waals surface area (Å²) in [7, 11) is 0. The van der Waals surface area contributed by atoms with Crippen LogP contribution in [0, 0.1) is 5.82 Å². The van der Waals surface area contributed by atoms with Crippen molar-refractivity contribution in [3.63, 3.8) is 0 Å². The van der Waals surface area contributed by atoms with Gasteiger partial charge in [0.2, 0.25) is 0 Å². The SMILES string of the molecule is C=CCC[C@@H](c1ccc(F)cc1Cl)N1CCNCC1.Cl.Cl. The van der Waals surface area contributed by atoms with E-state index in [1.54, 1.807) is 0 Å². The molecule has 0 aliphatic carbocycles. The number of nitrogens with zero attached hydrogens (tertiary/aromatic N) is 1.